The molecule has 2 aromatic heterocycles. The zero-order chi connectivity index (χ0) is 22.3. The van der Waals surface area contributed by atoms with Crippen molar-refractivity contribution in [3.05, 3.63) is 77.2 Å². The molecule has 0 spiro atoms. The quantitative estimate of drug-likeness (QED) is 0.371. The molecule has 0 fully saturated rings. The van der Waals surface area contributed by atoms with Crippen LogP contribution < -0.4 is 4.57 Å². The number of aryl methyl sites for hydroxylation is 3. The van der Waals surface area contributed by atoms with Crippen molar-refractivity contribution < 1.29 is 4.57 Å². The van der Waals surface area contributed by atoms with Gasteiger partial charge in [0.15, 0.2) is 5.52 Å². The fourth-order valence-electron chi connectivity index (χ4n) is 4.33. The van der Waals surface area contributed by atoms with Gasteiger partial charge in [0, 0.05) is 17.3 Å². The highest BCUT2D eigenvalue weighted by atomic mass is 15.0. The van der Waals surface area contributed by atoms with Crippen molar-refractivity contribution in [3.63, 3.8) is 0 Å². The second-order valence-corrected chi connectivity index (χ2v) is 9.98. The molecule has 0 unspecified atom stereocenters. The van der Waals surface area contributed by atoms with Gasteiger partial charge in [-0.15, -0.1) is 0 Å². The van der Waals surface area contributed by atoms with Crippen LogP contribution in [-0.2, 0) is 13.5 Å². The minimum atomic E-state index is 0.255. The molecule has 0 atom stereocenters. The molecule has 31 heavy (non-hydrogen) atoms. The number of pyridine rings is 1. The van der Waals surface area contributed by atoms with Crippen LogP contribution in [0.5, 0.6) is 0 Å². The van der Waals surface area contributed by atoms with Gasteiger partial charge in [-0.25, -0.2) is 4.57 Å². The molecule has 2 aromatic carbocycles. The van der Waals surface area contributed by atoms with Gasteiger partial charge in [0.05, 0.1) is 18.1 Å². The maximum absolute atomic E-state index is 4.78. The van der Waals surface area contributed by atoms with Crippen LogP contribution in [0.3, 0.4) is 0 Å². The molecular formula is C28H32N3+. The molecular weight excluding hydrogens is 378 g/mol. The van der Waals surface area contributed by atoms with Crippen molar-refractivity contribution in [2.24, 2.45) is 12.5 Å². The van der Waals surface area contributed by atoms with E-state index in [9.17, 15) is 0 Å². The molecule has 4 rings (SSSR count). The molecule has 0 saturated carbocycles. The van der Waals surface area contributed by atoms with E-state index in [1.54, 1.807) is 0 Å². The lowest BCUT2D eigenvalue weighted by molar-refractivity contribution is -0.662. The van der Waals surface area contributed by atoms with Gasteiger partial charge in [-0.3, -0.25) is 4.98 Å². The molecule has 0 saturated heterocycles. The van der Waals surface area contributed by atoms with Gasteiger partial charge in [0.1, 0.15) is 5.69 Å². The van der Waals surface area contributed by atoms with Gasteiger partial charge >= 0.3 is 0 Å². The number of fused-ring (bicyclic) bond motifs is 1. The first-order chi connectivity index (χ1) is 14.6. The van der Waals surface area contributed by atoms with Crippen molar-refractivity contribution in [1.82, 2.24) is 9.97 Å². The number of hydrogen-bond donors (Lipinski definition) is 0. The zero-order valence-corrected chi connectivity index (χ0v) is 19.7. The molecule has 3 heteroatoms. The van der Waals surface area contributed by atoms with Gasteiger partial charge < -0.3 is 0 Å². The Bertz CT molecular complexity index is 1260. The highest BCUT2D eigenvalue weighted by Crippen LogP contribution is 2.32. The van der Waals surface area contributed by atoms with Gasteiger partial charge in [-0.2, -0.15) is 0 Å². The molecule has 4 aromatic rings. The highest BCUT2D eigenvalue weighted by Gasteiger charge is 2.19. The van der Waals surface area contributed by atoms with E-state index in [2.05, 4.69) is 101 Å². The summed E-state index contributed by atoms with van der Waals surface area (Å²) in [5, 5.41) is 1.15. The van der Waals surface area contributed by atoms with E-state index in [0.717, 1.165) is 28.6 Å². The third kappa shape index (κ3) is 4.36. The van der Waals surface area contributed by atoms with Crippen LogP contribution in [0.1, 0.15) is 43.0 Å². The largest absolute Gasteiger partial charge is 0.287 e. The smallest absolute Gasteiger partial charge is 0.256 e. The standard InChI is InChI=1S/C28H32N3/c1-18-12-19(2)20(3)23(13-18)27-24-14-22(9-11-26(24)30-17-31(27)7)25-10-8-21(16-29-25)15-28(4,5)6/h8-14,16-17H,15H2,1-7H3/q+1. The van der Waals surface area contributed by atoms with Crippen molar-refractivity contribution in [1.29, 1.82) is 0 Å². The summed E-state index contributed by atoms with van der Waals surface area (Å²) in [5.74, 6) is 0. The molecule has 0 radical (unpaired) electrons. The number of rotatable bonds is 3. The second-order valence-electron chi connectivity index (χ2n) is 9.98. The number of benzene rings is 2. The van der Waals surface area contributed by atoms with Gasteiger partial charge in [0.25, 0.3) is 6.33 Å². The van der Waals surface area contributed by atoms with Crippen LogP contribution in [0, 0.1) is 26.2 Å². The molecule has 0 aliphatic rings. The molecule has 2 heterocycles. The summed E-state index contributed by atoms with van der Waals surface area (Å²) in [6.45, 7) is 13.3. The topological polar surface area (TPSA) is 29.7 Å². The van der Waals surface area contributed by atoms with Crippen molar-refractivity contribution >= 4 is 10.9 Å². The Kier molecular flexibility index (Phi) is 5.38. The number of aromatic nitrogens is 3. The van der Waals surface area contributed by atoms with E-state index in [0.29, 0.717) is 0 Å². The molecule has 0 aliphatic heterocycles. The average Bonchev–Trinajstić information content (AvgIpc) is 2.70. The average molecular weight is 411 g/mol. The fraction of sp³-hybridized carbons (Fsp3) is 0.321. The van der Waals surface area contributed by atoms with Crippen molar-refractivity contribution in [2.45, 2.75) is 48.0 Å². The normalized spacial score (nSPS) is 11.8. The van der Waals surface area contributed by atoms with E-state index >= 15 is 0 Å². The predicted molar refractivity (Wildman–Crippen MR) is 129 cm³/mol. The zero-order valence-electron chi connectivity index (χ0n) is 19.7. The van der Waals surface area contributed by atoms with E-state index < -0.39 is 0 Å². The summed E-state index contributed by atoms with van der Waals surface area (Å²) in [5.41, 5.74) is 11.0. The van der Waals surface area contributed by atoms with Gasteiger partial charge in [0.2, 0.25) is 0 Å². The summed E-state index contributed by atoms with van der Waals surface area (Å²) in [6, 6.07) is 15.3. The second kappa shape index (κ2) is 7.88. The SMILES string of the molecule is Cc1cc(C)c(C)c(-c2c3cc(-c4ccc(CC(C)(C)C)cn4)ccc3nc[n+]2C)c1. The van der Waals surface area contributed by atoms with Crippen molar-refractivity contribution in [3.8, 4) is 22.5 Å². The Morgan fingerprint density at radius 2 is 1.68 bits per heavy atom. The fourth-order valence-corrected chi connectivity index (χ4v) is 4.33. The first-order valence-corrected chi connectivity index (χ1v) is 10.9. The Balaban J connectivity index is 1.86. The summed E-state index contributed by atoms with van der Waals surface area (Å²) < 4.78 is 2.13. The van der Waals surface area contributed by atoms with E-state index in [1.165, 1.54) is 33.5 Å². The van der Waals surface area contributed by atoms with Crippen molar-refractivity contribution in [2.75, 3.05) is 0 Å². The predicted octanol–water partition coefficient (Wildman–Crippen LogP) is 6.30. The summed E-state index contributed by atoms with van der Waals surface area (Å²) >= 11 is 0. The molecule has 0 bridgehead atoms. The lowest BCUT2D eigenvalue weighted by Gasteiger charge is -2.17. The first kappa shape index (κ1) is 21.2. The first-order valence-electron chi connectivity index (χ1n) is 10.9. The highest BCUT2D eigenvalue weighted by molar-refractivity contribution is 5.94. The van der Waals surface area contributed by atoms with Crippen LogP contribution in [0.15, 0.2) is 55.0 Å². The van der Waals surface area contributed by atoms with E-state index in [-0.39, 0.29) is 5.41 Å². The number of hydrogen-bond acceptors (Lipinski definition) is 2. The van der Waals surface area contributed by atoms with Crippen LogP contribution >= 0.6 is 0 Å². The lowest BCUT2D eigenvalue weighted by atomic mass is 9.89. The van der Waals surface area contributed by atoms with E-state index in [1.807, 2.05) is 12.5 Å². The molecule has 158 valence electrons. The summed E-state index contributed by atoms with van der Waals surface area (Å²) in [7, 11) is 2.07. The molecule has 0 aliphatic carbocycles. The Morgan fingerprint density at radius 1 is 0.903 bits per heavy atom. The van der Waals surface area contributed by atoms with Crippen LogP contribution in [0.25, 0.3) is 33.4 Å². The molecule has 0 amide bonds. The van der Waals surface area contributed by atoms with Crippen LogP contribution in [-0.4, -0.2) is 9.97 Å². The van der Waals surface area contributed by atoms with Crippen LogP contribution in [0.2, 0.25) is 0 Å². The van der Waals surface area contributed by atoms with Gasteiger partial charge in [-0.1, -0.05) is 38.5 Å². The monoisotopic (exact) mass is 410 g/mol. The van der Waals surface area contributed by atoms with E-state index in [4.69, 9.17) is 4.98 Å². The minimum absolute atomic E-state index is 0.255. The van der Waals surface area contributed by atoms with Crippen LogP contribution in [0.4, 0.5) is 0 Å². The third-order valence-electron chi connectivity index (χ3n) is 5.90. The Labute approximate surface area is 185 Å². The minimum Gasteiger partial charge on any atom is -0.256 e. The number of nitrogens with zero attached hydrogens (tertiary/aromatic N) is 3. The summed E-state index contributed by atoms with van der Waals surface area (Å²) in [4.78, 5) is 9.46. The Hall–Kier alpha value is -3.07. The maximum atomic E-state index is 4.78. The van der Waals surface area contributed by atoms with Gasteiger partial charge in [-0.05, 0) is 84.6 Å². The molecule has 0 N–H and O–H groups in total. The molecule has 3 nitrogen and oxygen atoms in total. The Morgan fingerprint density at radius 3 is 2.35 bits per heavy atom. The third-order valence-corrected chi connectivity index (χ3v) is 5.90. The summed E-state index contributed by atoms with van der Waals surface area (Å²) in [6.07, 6.45) is 4.95. The lowest BCUT2D eigenvalue weighted by Crippen LogP contribution is -2.32. The maximum Gasteiger partial charge on any atom is 0.287 e.